The van der Waals surface area contributed by atoms with Gasteiger partial charge in [-0.25, -0.2) is 4.79 Å². The summed E-state index contributed by atoms with van der Waals surface area (Å²) < 4.78 is 5.12. The second-order valence-electron chi connectivity index (χ2n) is 7.01. The Balaban J connectivity index is 1.95. The second kappa shape index (κ2) is 9.76. The number of hydrogen-bond acceptors (Lipinski definition) is 3. The highest BCUT2D eigenvalue weighted by atomic mass is 16.5. The Morgan fingerprint density at radius 3 is 2.15 bits per heavy atom. The van der Waals surface area contributed by atoms with Crippen LogP contribution in [0.1, 0.15) is 50.3 Å². The van der Waals surface area contributed by atoms with Crippen molar-refractivity contribution in [2.24, 2.45) is 5.92 Å². The van der Waals surface area contributed by atoms with Crippen molar-refractivity contribution >= 4 is 11.9 Å². The highest BCUT2D eigenvalue weighted by Crippen LogP contribution is 2.28. The van der Waals surface area contributed by atoms with Gasteiger partial charge in [-0.3, -0.25) is 4.79 Å². The molecule has 2 atom stereocenters. The second-order valence-corrected chi connectivity index (χ2v) is 7.01. The Bertz CT molecular complexity index is 741. The number of nitrogens with one attached hydrogen (secondary N) is 1. The van der Waals surface area contributed by atoms with Crippen LogP contribution in [0.2, 0.25) is 0 Å². The first kappa shape index (κ1) is 20.5. The van der Waals surface area contributed by atoms with Gasteiger partial charge in [0.05, 0.1) is 6.04 Å². The number of amides is 1. The van der Waals surface area contributed by atoms with Crippen molar-refractivity contribution in [2.45, 2.75) is 39.2 Å². The van der Waals surface area contributed by atoms with Crippen molar-refractivity contribution in [3.05, 3.63) is 65.7 Å². The molecule has 0 fully saturated rings. The number of carboxylic acids is 1. The van der Waals surface area contributed by atoms with Crippen molar-refractivity contribution in [1.29, 1.82) is 0 Å². The van der Waals surface area contributed by atoms with Gasteiger partial charge in [0, 0.05) is 6.42 Å². The van der Waals surface area contributed by atoms with Crippen LogP contribution in [-0.2, 0) is 9.59 Å². The molecular weight excluding hydrogens is 342 g/mol. The van der Waals surface area contributed by atoms with Crippen LogP contribution < -0.4 is 10.1 Å². The zero-order valence-corrected chi connectivity index (χ0v) is 16.0. The molecule has 5 nitrogen and oxygen atoms in total. The molecule has 2 rings (SSSR count). The Morgan fingerprint density at radius 2 is 1.59 bits per heavy atom. The van der Waals surface area contributed by atoms with Gasteiger partial charge in [0.1, 0.15) is 5.75 Å². The lowest BCUT2D eigenvalue weighted by atomic mass is 9.85. The maximum absolute atomic E-state index is 12.6. The number of rotatable bonds is 9. The zero-order chi connectivity index (χ0) is 19.8. The van der Waals surface area contributed by atoms with Crippen LogP contribution in [0.3, 0.4) is 0 Å². The van der Waals surface area contributed by atoms with Crippen molar-refractivity contribution in [3.8, 4) is 5.75 Å². The van der Waals surface area contributed by atoms with E-state index in [1.807, 2.05) is 37.3 Å². The smallest absolute Gasteiger partial charge is 0.341 e. The molecule has 2 N–H and O–H groups in total. The minimum absolute atomic E-state index is 0.0104. The largest absolute Gasteiger partial charge is 0.482 e. The van der Waals surface area contributed by atoms with Crippen molar-refractivity contribution in [2.75, 3.05) is 6.61 Å². The lowest BCUT2D eigenvalue weighted by molar-refractivity contribution is -0.139. The monoisotopic (exact) mass is 369 g/mol. The fourth-order valence-electron chi connectivity index (χ4n) is 3.02. The van der Waals surface area contributed by atoms with E-state index in [2.05, 4.69) is 31.3 Å². The molecule has 27 heavy (non-hydrogen) atoms. The summed E-state index contributed by atoms with van der Waals surface area (Å²) in [6.07, 6.45) is 0.436. The van der Waals surface area contributed by atoms with Gasteiger partial charge in [0.25, 0.3) is 0 Å². The predicted molar refractivity (Wildman–Crippen MR) is 105 cm³/mol. The number of carboxylic acid groups (broad SMARTS) is 1. The number of benzene rings is 2. The topological polar surface area (TPSA) is 75.6 Å². The van der Waals surface area contributed by atoms with Crippen LogP contribution in [0, 0.1) is 5.92 Å². The van der Waals surface area contributed by atoms with E-state index >= 15 is 0 Å². The molecule has 1 amide bonds. The first-order valence-corrected chi connectivity index (χ1v) is 9.15. The molecule has 0 bridgehead atoms. The normalized spacial score (nSPS) is 13.0. The average Bonchev–Trinajstić information content (AvgIpc) is 2.65. The molecule has 2 unspecified atom stereocenters. The fraction of sp³-hybridized carbons (Fsp3) is 0.364. The minimum atomic E-state index is -1.02. The summed E-state index contributed by atoms with van der Waals surface area (Å²) in [5.74, 6) is 0.0158. The van der Waals surface area contributed by atoms with Crippen LogP contribution in [0.15, 0.2) is 54.6 Å². The van der Waals surface area contributed by atoms with E-state index in [0.29, 0.717) is 18.1 Å². The molecule has 2 aromatic rings. The molecule has 0 aliphatic heterocycles. The summed E-state index contributed by atoms with van der Waals surface area (Å²) >= 11 is 0. The van der Waals surface area contributed by atoms with Crippen LogP contribution in [0.25, 0.3) is 0 Å². The van der Waals surface area contributed by atoms with Crippen LogP contribution in [0.4, 0.5) is 0 Å². The molecule has 0 aliphatic carbocycles. The van der Waals surface area contributed by atoms with Crippen LogP contribution >= 0.6 is 0 Å². The van der Waals surface area contributed by atoms with Gasteiger partial charge in [-0.2, -0.15) is 0 Å². The summed E-state index contributed by atoms with van der Waals surface area (Å²) in [7, 11) is 0. The van der Waals surface area contributed by atoms with Gasteiger partial charge < -0.3 is 15.2 Å². The molecule has 0 radical (unpaired) electrons. The van der Waals surface area contributed by atoms with Gasteiger partial charge >= 0.3 is 5.97 Å². The SMILES string of the molecule is CC(NC(=O)CC(c1ccccc1)C(C)C)c1ccc(OCC(=O)O)cc1. The number of carbonyl (C=O) groups excluding carboxylic acids is 1. The van der Waals surface area contributed by atoms with Gasteiger partial charge in [0.2, 0.25) is 5.91 Å². The van der Waals surface area contributed by atoms with E-state index in [0.717, 1.165) is 5.56 Å². The van der Waals surface area contributed by atoms with E-state index in [9.17, 15) is 9.59 Å². The summed E-state index contributed by atoms with van der Waals surface area (Å²) in [4.78, 5) is 23.1. The fourth-order valence-corrected chi connectivity index (χ4v) is 3.02. The van der Waals surface area contributed by atoms with Crippen molar-refractivity contribution in [1.82, 2.24) is 5.32 Å². The zero-order valence-electron chi connectivity index (χ0n) is 16.0. The molecule has 0 saturated heterocycles. The predicted octanol–water partition coefficient (Wildman–Crippen LogP) is 4.16. The van der Waals surface area contributed by atoms with Gasteiger partial charge in [-0.05, 0) is 42.0 Å². The molecule has 2 aromatic carbocycles. The number of carbonyl (C=O) groups is 2. The number of hydrogen-bond donors (Lipinski definition) is 2. The summed E-state index contributed by atoms with van der Waals surface area (Å²) in [6.45, 7) is 5.81. The highest BCUT2D eigenvalue weighted by molar-refractivity contribution is 5.77. The maximum Gasteiger partial charge on any atom is 0.341 e. The highest BCUT2D eigenvalue weighted by Gasteiger charge is 2.20. The Hall–Kier alpha value is -2.82. The molecule has 144 valence electrons. The molecular formula is C22H27NO4. The van der Waals surface area contributed by atoms with E-state index < -0.39 is 5.97 Å². The molecule has 0 aliphatic rings. The average molecular weight is 369 g/mol. The van der Waals surface area contributed by atoms with Crippen LogP contribution in [-0.4, -0.2) is 23.6 Å². The quantitative estimate of drug-likeness (QED) is 0.696. The molecule has 0 saturated carbocycles. The lowest BCUT2D eigenvalue weighted by Crippen LogP contribution is -2.29. The van der Waals surface area contributed by atoms with Gasteiger partial charge in [-0.15, -0.1) is 0 Å². The van der Waals surface area contributed by atoms with Crippen LogP contribution in [0.5, 0.6) is 5.75 Å². The van der Waals surface area contributed by atoms with E-state index in [1.165, 1.54) is 5.56 Å². The third-order valence-electron chi connectivity index (χ3n) is 4.56. The standard InChI is InChI=1S/C22H27NO4/c1-15(2)20(18-7-5-4-6-8-18)13-21(24)23-16(3)17-9-11-19(12-10-17)27-14-22(25)26/h4-12,15-16,20H,13-14H2,1-3H3,(H,23,24)(H,25,26). The maximum atomic E-state index is 12.6. The third-order valence-corrected chi connectivity index (χ3v) is 4.56. The molecule has 0 spiro atoms. The first-order valence-electron chi connectivity index (χ1n) is 9.15. The van der Waals surface area contributed by atoms with E-state index in [-0.39, 0.29) is 24.5 Å². The Kier molecular flexibility index (Phi) is 7.41. The lowest BCUT2D eigenvalue weighted by Gasteiger charge is -2.22. The Labute approximate surface area is 160 Å². The summed E-state index contributed by atoms with van der Waals surface area (Å²) in [5, 5.41) is 11.7. The van der Waals surface area contributed by atoms with Crippen molar-refractivity contribution < 1.29 is 19.4 Å². The van der Waals surface area contributed by atoms with E-state index in [1.54, 1.807) is 12.1 Å². The third kappa shape index (κ3) is 6.44. The van der Waals surface area contributed by atoms with Gasteiger partial charge in [0.15, 0.2) is 6.61 Å². The summed E-state index contributed by atoms with van der Waals surface area (Å²) in [5.41, 5.74) is 2.11. The van der Waals surface area contributed by atoms with E-state index in [4.69, 9.17) is 9.84 Å². The Morgan fingerprint density at radius 1 is 0.963 bits per heavy atom. The van der Waals surface area contributed by atoms with Gasteiger partial charge in [-0.1, -0.05) is 56.3 Å². The molecule has 5 heteroatoms. The molecule has 0 heterocycles. The molecule has 0 aromatic heterocycles. The van der Waals surface area contributed by atoms with Crippen molar-refractivity contribution in [3.63, 3.8) is 0 Å². The summed E-state index contributed by atoms with van der Waals surface area (Å²) in [6, 6.07) is 17.1. The minimum Gasteiger partial charge on any atom is -0.482 e. The first-order chi connectivity index (χ1) is 12.9. The number of ether oxygens (including phenoxy) is 1. The number of aliphatic carboxylic acids is 1.